The fourth-order valence-corrected chi connectivity index (χ4v) is 3.70. The molecule has 1 aromatic carbocycles. The van der Waals surface area contributed by atoms with Crippen LogP contribution in [0.5, 0.6) is 0 Å². The number of hydrogen-bond donors (Lipinski definition) is 2. The number of rotatable bonds is 6. The highest BCUT2D eigenvalue weighted by molar-refractivity contribution is 6.42. The third kappa shape index (κ3) is 4.51. The second kappa shape index (κ2) is 8.63. The normalized spacial score (nSPS) is 15.5. The number of halogens is 2. The number of nitrogens with zero attached hydrogens (tertiary/aromatic N) is 4. The summed E-state index contributed by atoms with van der Waals surface area (Å²) in [5.74, 6) is 0.295. The topological polar surface area (TPSA) is 88.1 Å². The minimum atomic E-state index is -1.14. The van der Waals surface area contributed by atoms with Crippen LogP contribution in [0.15, 0.2) is 29.3 Å². The molecule has 1 aliphatic rings. The maximum atomic E-state index is 12.7. The first-order valence-corrected chi connectivity index (χ1v) is 10.1. The van der Waals surface area contributed by atoms with Gasteiger partial charge in [-0.25, -0.2) is 4.98 Å². The molecule has 0 saturated carbocycles. The third-order valence-corrected chi connectivity index (χ3v) is 5.69. The molecule has 3 aromatic rings. The van der Waals surface area contributed by atoms with E-state index in [4.69, 9.17) is 43.6 Å². The minimum Gasteiger partial charge on any atom is -0.379 e. The number of fused-ring (bicyclic) bond motifs is 1. The van der Waals surface area contributed by atoms with Gasteiger partial charge in [0.25, 0.3) is 5.56 Å². The summed E-state index contributed by atoms with van der Waals surface area (Å²) in [5, 5.41) is 2.85. The Balaban J connectivity index is 1.52. The highest BCUT2D eigenvalue weighted by atomic mass is 35.5. The van der Waals surface area contributed by atoms with Crippen LogP contribution >= 0.6 is 23.2 Å². The third-order valence-electron chi connectivity index (χ3n) is 4.95. The van der Waals surface area contributed by atoms with Gasteiger partial charge >= 0.3 is 0 Å². The number of nitrogens with one attached hydrogen (secondary N) is 2. The van der Waals surface area contributed by atoms with Gasteiger partial charge in [0.05, 0.1) is 45.3 Å². The van der Waals surface area contributed by atoms with E-state index in [1.54, 1.807) is 16.7 Å². The van der Waals surface area contributed by atoms with Crippen molar-refractivity contribution >= 4 is 56.0 Å². The van der Waals surface area contributed by atoms with Gasteiger partial charge in [-0.05, 0) is 23.0 Å². The molecule has 12 heteroatoms. The van der Waals surface area contributed by atoms with E-state index >= 15 is 0 Å². The highest BCUT2D eigenvalue weighted by Gasteiger charge is 2.28. The van der Waals surface area contributed by atoms with E-state index < -0.39 is 5.34 Å². The van der Waals surface area contributed by atoms with Crippen molar-refractivity contribution in [1.82, 2.24) is 24.4 Å². The number of ether oxygens (including phenoxy) is 1. The average molecular weight is 443 g/mol. The monoisotopic (exact) mass is 442 g/mol. The van der Waals surface area contributed by atoms with Crippen LogP contribution in [0.4, 0.5) is 5.95 Å². The van der Waals surface area contributed by atoms with Crippen LogP contribution in [0, 0.1) is 0 Å². The van der Waals surface area contributed by atoms with Crippen molar-refractivity contribution in [3.8, 4) is 0 Å². The number of anilines is 1. The molecule has 0 aliphatic carbocycles. The Morgan fingerprint density at radius 3 is 2.73 bits per heavy atom. The van der Waals surface area contributed by atoms with Crippen molar-refractivity contribution in [3.05, 3.63) is 50.5 Å². The van der Waals surface area contributed by atoms with Crippen LogP contribution in [-0.4, -0.2) is 71.8 Å². The summed E-state index contributed by atoms with van der Waals surface area (Å²) in [7, 11) is 12.6. The van der Waals surface area contributed by atoms with E-state index in [0.29, 0.717) is 60.0 Å². The predicted molar refractivity (Wildman–Crippen MR) is 119 cm³/mol. The number of hydrogen-bond acceptors (Lipinski definition) is 6. The lowest BCUT2D eigenvalue weighted by molar-refractivity contribution is 0.0202. The van der Waals surface area contributed by atoms with E-state index in [9.17, 15) is 4.79 Å². The van der Waals surface area contributed by atoms with Crippen molar-refractivity contribution in [2.75, 3.05) is 31.6 Å². The quantitative estimate of drug-likeness (QED) is 0.560. The Kier molecular flexibility index (Phi) is 6.11. The van der Waals surface area contributed by atoms with Gasteiger partial charge in [-0.15, -0.1) is 0 Å². The fourth-order valence-electron chi connectivity index (χ4n) is 3.38. The molecule has 0 amide bonds. The molecule has 3 heterocycles. The summed E-state index contributed by atoms with van der Waals surface area (Å²) in [5.41, 5.74) is 1.16. The molecule has 2 aromatic heterocycles. The van der Waals surface area contributed by atoms with E-state index in [2.05, 4.69) is 20.3 Å². The maximum absolute atomic E-state index is 12.7. The zero-order valence-electron chi connectivity index (χ0n) is 16.1. The number of aromatic amines is 1. The Hall–Kier alpha value is -2.00. The summed E-state index contributed by atoms with van der Waals surface area (Å²) in [6.07, 6.45) is 1.52. The summed E-state index contributed by atoms with van der Waals surface area (Å²) >= 11 is 12.0. The van der Waals surface area contributed by atoms with Gasteiger partial charge in [0.15, 0.2) is 11.2 Å². The molecule has 4 radical (unpaired) electrons. The number of benzene rings is 1. The van der Waals surface area contributed by atoms with Crippen LogP contribution in [0.3, 0.4) is 0 Å². The molecular weight excluding hydrogens is 425 g/mol. The molecule has 8 nitrogen and oxygen atoms in total. The highest BCUT2D eigenvalue weighted by Crippen LogP contribution is 2.23. The molecule has 0 spiro atoms. The summed E-state index contributed by atoms with van der Waals surface area (Å²) < 4.78 is 6.97. The standard InChI is InChI=1S/C18H18B2Cl2N6O2/c19-18(20,28-3-5-30-6-4-28)9-27-10-24-15-14(27)16(29)26-17(25-15)23-8-11-1-2-12(21)13(22)7-11/h1-2,7,10H,3-6,8-9H2,(H2,23,25,26,29). The molecule has 1 fully saturated rings. The van der Waals surface area contributed by atoms with Gasteiger partial charge in [0, 0.05) is 26.2 Å². The van der Waals surface area contributed by atoms with Gasteiger partial charge in [-0.3, -0.25) is 9.78 Å². The summed E-state index contributed by atoms with van der Waals surface area (Å²) in [6, 6.07) is 5.29. The van der Waals surface area contributed by atoms with Gasteiger partial charge < -0.3 is 19.5 Å². The molecule has 0 unspecified atom stereocenters. The van der Waals surface area contributed by atoms with Crippen molar-refractivity contribution in [3.63, 3.8) is 0 Å². The number of aromatic nitrogens is 4. The zero-order valence-corrected chi connectivity index (χ0v) is 17.6. The van der Waals surface area contributed by atoms with Crippen molar-refractivity contribution in [2.45, 2.75) is 18.4 Å². The summed E-state index contributed by atoms with van der Waals surface area (Å²) in [4.78, 5) is 26.0. The summed E-state index contributed by atoms with van der Waals surface area (Å²) in [6.45, 7) is 2.96. The lowest BCUT2D eigenvalue weighted by atomic mass is 9.60. The Morgan fingerprint density at radius 2 is 2.00 bits per heavy atom. The Bertz CT molecular complexity index is 1110. The fraction of sp³-hybridized carbons (Fsp3) is 0.389. The molecule has 30 heavy (non-hydrogen) atoms. The first-order chi connectivity index (χ1) is 14.3. The van der Waals surface area contributed by atoms with Crippen molar-refractivity contribution < 1.29 is 4.74 Å². The lowest BCUT2D eigenvalue weighted by Crippen LogP contribution is -2.56. The molecule has 152 valence electrons. The average Bonchev–Trinajstić information content (AvgIpc) is 3.12. The van der Waals surface area contributed by atoms with E-state index in [1.807, 2.05) is 11.0 Å². The molecule has 2 N–H and O–H groups in total. The molecule has 1 saturated heterocycles. The molecular formula is C18H18B2Cl2N6O2. The Morgan fingerprint density at radius 1 is 1.23 bits per heavy atom. The van der Waals surface area contributed by atoms with E-state index in [-0.39, 0.29) is 12.1 Å². The molecule has 4 rings (SSSR count). The number of morpholine rings is 1. The van der Waals surface area contributed by atoms with Crippen LogP contribution in [0.2, 0.25) is 10.0 Å². The molecule has 0 bridgehead atoms. The second-order valence-corrected chi connectivity index (χ2v) is 7.97. The Labute approximate surface area is 185 Å². The SMILES string of the molecule is [B]C([B])(Cn1cnc2nc(NCc3ccc(Cl)c(Cl)c3)[nH]c(=O)c21)N1CCOCC1. The molecule has 1 aliphatic heterocycles. The minimum absolute atomic E-state index is 0.185. The number of imidazole rings is 1. The van der Waals surface area contributed by atoms with Crippen molar-refractivity contribution in [2.24, 2.45) is 0 Å². The first-order valence-electron chi connectivity index (χ1n) is 9.37. The van der Waals surface area contributed by atoms with Crippen LogP contribution < -0.4 is 10.9 Å². The first kappa shape index (κ1) is 21.2. The lowest BCUT2D eigenvalue weighted by Gasteiger charge is -2.42. The van der Waals surface area contributed by atoms with Gasteiger partial charge in [-0.1, -0.05) is 29.3 Å². The second-order valence-electron chi connectivity index (χ2n) is 7.15. The zero-order chi connectivity index (χ0) is 21.3. The van der Waals surface area contributed by atoms with Gasteiger partial charge in [-0.2, -0.15) is 4.98 Å². The maximum Gasteiger partial charge on any atom is 0.278 e. The van der Waals surface area contributed by atoms with Crippen LogP contribution in [0.25, 0.3) is 11.2 Å². The number of H-pyrrole nitrogens is 1. The van der Waals surface area contributed by atoms with Crippen LogP contribution in [0.1, 0.15) is 5.56 Å². The van der Waals surface area contributed by atoms with Crippen molar-refractivity contribution in [1.29, 1.82) is 0 Å². The largest absolute Gasteiger partial charge is 0.379 e. The van der Waals surface area contributed by atoms with Gasteiger partial charge in [0.1, 0.15) is 0 Å². The van der Waals surface area contributed by atoms with Gasteiger partial charge in [0.2, 0.25) is 5.95 Å². The predicted octanol–water partition coefficient (Wildman–Crippen LogP) is 1.36. The van der Waals surface area contributed by atoms with E-state index in [1.165, 1.54) is 6.33 Å². The van der Waals surface area contributed by atoms with E-state index in [0.717, 1.165) is 5.56 Å². The molecule has 0 atom stereocenters. The van der Waals surface area contributed by atoms with Crippen LogP contribution in [-0.2, 0) is 17.8 Å². The smallest absolute Gasteiger partial charge is 0.278 e.